The molecule has 1 aromatic heterocycles. The second-order valence-corrected chi connectivity index (χ2v) is 5.91. The van der Waals surface area contributed by atoms with Gasteiger partial charge in [-0.3, -0.25) is 4.79 Å². The van der Waals surface area contributed by atoms with Crippen LogP contribution in [0.2, 0.25) is 0 Å². The molecule has 0 radical (unpaired) electrons. The molecule has 0 spiro atoms. The van der Waals surface area contributed by atoms with E-state index in [2.05, 4.69) is 54.5 Å². The molecule has 4 nitrogen and oxygen atoms in total. The van der Waals surface area contributed by atoms with Crippen LogP contribution in [-0.2, 0) is 11.2 Å². The van der Waals surface area contributed by atoms with Crippen molar-refractivity contribution in [3.8, 4) is 0 Å². The fourth-order valence-electron chi connectivity index (χ4n) is 2.62. The van der Waals surface area contributed by atoms with Crippen LogP contribution < -0.4 is 0 Å². The van der Waals surface area contributed by atoms with E-state index in [1.807, 2.05) is 6.07 Å². The number of hydrogen-bond donors (Lipinski definition) is 1. The summed E-state index contributed by atoms with van der Waals surface area (Å²) in [4.78, 5) is 12.8. The highest BCUT2D eigenvalue weighted by molar-refractivity contribution is 5.86. The molecule has 0 saturated carbocycles. The molecule has 0 aliphatic heterocycles. The fraction of sp³-hybridized carbons (Fsp3) is 0.389. The van der Waals surface area contributed by atoms with Crippen molar-refractivity contribution in [2.75, 3.05) is 20.6 Å². The third kappa shape index (κ3) is 3.98. The van der Waals surface area contributed by atoms with Gasteiger partial charge in [0.15, 0.2) is 0 Å². The highest BCUT2D eigenvalue weighted by atomic mass is 16.4. The summed E-state index contributed by atoms with van der Waals surface area (Å²) in [7, 11) is 4.15. The summed E-state index contributed by atoms with van der Waals surface area (Å²) >= 11 is 0. The van der Waals surface area contributed by atoms with E-state index in [4.69, 9.17) is 5.11 Å². The Morgan fingerprint density at radius 2 is 2.00 bits per heavy atom. The Labute approximate surface area is 131 Å². The molecule has 1 aromatic carbocycles. The Bertz CT molecular complexity index is 671. The third-order valence-electron chi connectivity index (χ3n) is 3.82. The molecule has 0 unspecified atom stereocenters. The zero-order valence-corrected chi connectivity index (χ0v) is 13.4. The van der Waals surface area contributed by atoms with E-state index in [1.54, 1.807) is 0 Å². The molecule has 2 rings (SSSR count). The van der Waals surface area contributed by atoms with Crippen molar-refractivity contribution in [2.24, 2.45) is 0 Å². The lowest BCUT2D eigenvalue weighted by atomic mass is 10.1. The quantitative estimate of drug-likeness (QED) is 0.812. The van der Waals surface area contributed by atoms with E-state index in [1.165, 1.54) is 10.9 Å². The second-order valence-electron chi connectivity index (χ2n) is 5.91. The van der Waals surface area contributed by atoms with Crippen molar-refractivity contribution in [3.05, 3.63) is 42.6 Å². The summed E-state index contributed by atoms with van der Waals surface area (Å²) in [5, 5.41) is 10.0. The first-order chi connectivity index (χ1) is 10.5. The van der Waals surface area contributed by atoms with Gasteiger partial charge in [-0.25, -0.2) is 0 Å². The van der Waals surface area contributed by atoms with Gasteiger partial charge in [0.05, 0.1) is 5.52 Å². The number of nitrogens with zero attached hydrogens (tertiary/aromatic N) is 2. The number of carboxylic acid groups (broad SMARTS) is 1. The fourth-order valence-corrected chi connectivity index (χ4v) is 2.62. The van der Waals surface area contributed by atoms with Crippen LogP contribution in [-0.4, -0.2) is 41.2 Å². The van der Waals surface area contributed by atoms with Crippen molar-refractivity contribution < 1.29 is 9.90 Å². The minimum absolute atomic E-state index is 0.186. The lowest BCUT2D eigenvalue weighted by molar-refractivity contribution is -0.137. The normalized spacial score (nSPS) is 11.2. The first kappa shape index (κ1) is 16.3. The molecule has 118 valence electrons. The number of hydrogen-bond acceptors (Lipinski definition) is 2. The first-order valence-electron chi connectivity index (χ1n) is 7.62. The lowest BCUT2D eigenvalue weighted by Crippen LogP contribution is -2.14. The zero-order chi connectivity index (χ0) is 16.1. The van der Waals surface area contributed by atoms with Gasteiger partial charge in [-0.2, -0.15) is 0 Å². The van der Waals surface area contributed by atoms with E-state index in [-0.39, 0.29) is 6.42 Å². The molecule has 0 fully saturated rings. The van der Waals surface area contributed by atoms with E-state index in [0.29, 0.717) is 12.8 Å². The van der Waals surface area contributed by atoms with E-state index in [0.717, 1.165) is 24.2 Å². The number of para-hydroxylation sites is 1. The highest BCUT2D eigenvalue weighted by Crippen LogP contribution is 2.26. The smallest absolute Gasteiger partial charge is 0.303 e. The Hall–Kier alpha value is -2.07. The monoisotopic (exact) mass is 300 g/mol. The van der Waals surface area contributed by atoms with Gasteiger partial charge in [-0.1, -0.05) is 24.8 Å². The number of carboxylic acids is 1. The molecule has 1 N–H and O–H groups in total. The molecule has 0 aliphatic rings. The summed E-state index contributed by atoms with van der Waals surface area (Å²) in [6.45, 7) is 5.14. The highest BCUT2D eigenvalue weighted by Gasteiger charge is 2.10. The van der Waals surface area contributed by atoms with Crippen LogP contribution in [0.5, 0.6) is 0 Å². The van der Waals surface area contributed by atoms with Gasteiger partial charge in [-0.15, -0.1) is 0 Å². The molecule has 2 aromatic rings. The third-order valence-corrected chi connectivity index (χ3v) is 3.82. The van der Waals surface area contributed by atoms with Gasteiger partial charge in [0.25, 0.3) is 0 Å². The van der Waals surface area contributed by atoms with Crippen molar-refractivity contribution in [1.29, 1.82) is 0 Å². The molecule has 0 bridgehead atoms. The summed E-state index contributed by atoms with van der Waals surface area (Å²) in [6.07, 6.45) is 4.64. The maximum Gasteiger partial charge on any atom is 0.303 e. The molecule has 0 amide bonds. The molecular formula is C18H24N2O2. The average molecular weight is 300 g/mol. The molecule has 1 heterocycles. The minimum Gasteiger partial charge on any atom is -0.481 e. The summed E-state index contributed by atoms with van der Waals surface area (Å²) in [5.74, 6) is -0.753. The minimum atomic E-state index is -0.753. The number of benzene rings is 1. The van der Waals surface area contributed by atoms with Gasteiger partial charge < -0.3 is 14.6 Å². The van der Waals surface area contributed by atoms with Crippen LogP contribution in [0.1, 0.15) is 24.8 Å². The number of aromatic nitrogens is 1. The van der Waals surface area contributed by atoms with Gasteiger partial charge in [-0.05, 0) is 45.0 Å². The lowest BCUT2D eigenvalue weighted by Gasteiger charge is -2.08. The number of rotatable bonds is 8. The van der Waals surface area contributed by atoms with Crippen LogP contribution >= 0.6 is 0 Å². The Morgan fingerprint density at radius 1 is 1.27 bits per heavy atom. The van der Waals surface area contributed by atoms with Crippen LogP contribution in [0, 0.1) is 0 Å². The number of likely N-dealkylation sites (N-methyl/N-ethyl adjacent to an activating group) is 1. The van der Waals surface area contributed by atoms with Gasteiger partial charge in [0, 0.05) is 30.2 Å². The van der Waals surface area contributed by atoms with Crippen LogP contribution in [0.3, 0.4) is 0 Å². The number of aliphatic carboxylic acids is 1. The predicted octanol–water partition coefficient (Wildman–Crippen LogP) is 3.47. The topological polar surface area (TPSA) is 45.5 Å². The molecule has 0 aliphatic carbocycles. The molecule has 22 heavy (non-hydrogen) atoms. The Balaban J connectivity index is 2.21. The summed E-state index contributed by atoms with van der Waals surface area (Å²) in [6, 6.07) is 8.32. The number of fused-ring (bicyclic) bond motifs is 1. The van der Waals surface area contributed by atoms with Gasteiger partial charge in [0.2, 0.25) is 0 Å². The zero-order valence-electron chi connectivity index (χ0n) is 13.4. The molecular weight excluding hydrogens is 276 g/mol. The molecule has 0 saturated heterocycles. The van der Waals surface area contributed by atoms with Crippen molar-refractivity contribution in [3.63, 3.8) is 0 Å². The predicted molar refractivity (Wildman–Crippen MR) is 91.0 cm³/mol. The number of carbonyl (C=O) groups is 1. The maximum absolute atomic E-state index is 10.6. The molecule has 0 atom stereocenters. The largest absolute Gasteiger partial charge is 0.481 e. The van der Waals surface area contributed by atoms with Crippen LogP contribution in [0.15, 0.2) is 37.0 Å². The SMILES string of the molecule is C=C(CCCC(=O)O)n1cc(CCN(C)C)c2ccccc21. The van der Waals surface area contributed by atoms with E-state index in [9.17, 15) is 4.79 Å². The Kier molecular flexibility index (Phi) is 5.39. The first-order valence-corrected chi connectivity index (χ1v) is 7.62. The molecule has 4 heteroatoms. The average Bonchev–Trinajstić information content (AvgIpc) is 2.83. The summed E-state index contributed by atoms with van der Waals surface area (Å²) < 4.78 is 2.11. The van der Waals surface area contributed by atoms with E-state index >= 15 is 0 Å². The van der Waals surface area contributed by atoms with Crippen LogP contribution in [0.25, 0.3) is 16.6 Å². The second kappa shape index (κ2) is 7.27. The van der Waals surface area contributed by atoms with Gasteiger partial charge >= 0.3 is 5.97 Å². The van der Waals surface area contributed by atoms with Crippen molar-refractivity contribution in [2.45, 2.75) is 25.7 Å². The Morgan fingerprint density at radius 3 is 2.68 bits per heavy atom. The van der Waals surface area contributed by atoms with Gasteiger partial charge in [0.1, 0.15) is 0 Å². The van der Waals surface area contributed by atoms with Crippen LogP contribution in [0.4, 0.5) is 0 Å². The standard InChI is InChI=1S/C18H24N2O2/c1-14(7-6-10-18(21)22)20-13-15(11-12-19(2)3)16-8-4-5-9-17(16)20/h4-5,8-9,13H,1,6-7,10-12H2,2-3H3,(H,21,22). The van der Waals surface area contributed by atoms with E-state index < -0.39 is 5.97 Å². The van der Waals surface area contributed by atoms with Crippen molar-refractivity contribution in [1.82, 2.24) is 9.47 Å². The number of allylic oxidation sites excluding steroid dienone is 1. The maximum atomic E-state index is 10.6. The summed E-state index contributed by atoms with van der Waals surface area (Å²) in [5.41, 5.74) is 3.41. The van der Waals surface area contributed by atoms with Crippen molar-refractivity contribution >= 4 is 22.6 Å².